The summed E-state index contributed by atoms with van der Waals surface area (Å²) in [5, 5.41) is 0. The Morgan fingerprint density at radius 2 is 1.88 bits per heavy atom. The van der Waals surface area contributed by atoms with Crippen LogP contribution in [0.5, 0.6) is 5.88 Å². The first-order valence-corrected chi connectivity index (χ1v) is 7.87. The number of likely N-dealkylation sites (tertiary alicyclic amines) is 1. The molecule has 0 unspecified atom stereocenters. The number of amides is 1. The Morgan fingerprint density at radius 1 is 1.21 bits per heavy atom. The molecule has 0 bridgehead atoms. The fraction of sp³-hybridized carbons (Fsp3) is 0.250. The molecule has 1 aromatic carbocycles. The summed E-state index contributed by atoms with van der Waals surface area (Å²) in [6, 6.07) is 7.76. The van der Waals surface area contributed by atoms with Gasteiger partial charge in [0.2, 0.25) is 5.88 Å². The molecular weight excluding hydrogens is 389 g/mol. The highest BCUT2D eigenvalue weighted by Gasteiger charge is 2.34. The number of benzene rings is 1. The Morgan fingerprint density at radius 3 is 2.46 bits per heavy atom. The molecule has 0 aliphatic carbocycles. The van der Waals surface area contributed by atoms with E-state index in [4.69, 9.17) is 4.74 Å². The standard InChI is InChI=1S/C16H12BrF3N2O2/c17-13-2-1-7-21-14(13)24-12-8-22(9-12)15(23)10-3-5-11(6-4-10)16(18,19)20/h1-7,12H,8-9H2. The Balaban J connectivity index is 1.58. The second kappa shape index (κ2) is 6.43. The molecule has 0 atom stereocenters. The second-order valence-corrected chi connectivity index (χ2v) is 6.17. The van der Waals surface area contributed by atoms with E-state index in [0.29, 0.717) is 19.0 Å². The van der Waals surface area contributed by atoms with Gasteiger partial charge in [0.25, 0.3) is 5.91 Å². The number of carbonyl (C=O) groups excluding carboxylic acids is 1. The number of hydrogen-bond donors (Lipinski definition) is 0. The predicted molar refractivity (Wildman–Crippen MR) is 83.7 cm³/mol. The van der Waals surface area contributed by atoms with E-state index in [9.17, 15) is 18.0 Å². The first-order chi connectivity index (χ1) is 11.3. The lowest BCUT2D eigenvalue weighted by molar-refractivity contribution is -0.137. The van der Waals surface area contributed by atoms with Crippen molar-refractivity contribution in [3.05, 3.63) is 58.2 Å². The summed E-state index contributed by atoms with van der Waals surface area (Å²) >= 11 is 3.32. The number of aromatic nitrogens is 1. The number of rotatable bonds is 3. The van der Waals surface area contributed by atoms with Crippen molar-refractivity contribution < 1.29 is 22.7 Å². The molecule has 0 spiro atoms. The van der Waals surface area contributed by atoms with Crippen LogP contribution in [0.4, 0.5) is 13.2 Å². The normalized spacial score (nSPS) is 15.1. The van der Waals surface area contributed by atoms with E-state index >= 15 is 0 Å². The molecule has 0 saturated carbocycles. The highest BCUT2D eigenvalue weighted by atomic mass is 79.9. The predicted octanol–water partition coefficient (Wildman–Crippen LogP) is 3.77. The monoisotopic (exact) mass is 400 g/mol. The van der Waals surface area contributed by atoms with E-state index in [-0.39, 0.29) is 17.6 Å². The zero-order valence-electron chi connectivity index (χ0n) is 12.3. The van der Waals surface area contributed by atoms with Gasteiger partial charge in [-0.1, -0.05) is 0 Å². The summed E-state index contributed by atoms with van der Waals surface area (Å²) in [4.78, 5) is 17.8. The zero-order chi connectivity index (χ0) is 17.3. The van der Waals surface area contributed by atoms with Gasteiger partial charge in [-0.2, -0.15) is 13.2 Å². The van der Waals surface area contributed by atoms with Crippen LogP contribution in [-0.2, 0) is 6.18 Å². The topological polar surface area (TPSA) is 42.4 Å². The third-order valence-electron chi connectivity index (χ3n) is 3.60. The van der Waals surface area contributed by atoms with Crippen LogP contribution in [0.25, 0.3) is 0 Å². The lowest BCUT2D eigenvalue weighted by atomic mass is 10.1. The van der Waals surface area contributed by atoms with Crippen molar-refractivity contribution in [1.82, 2.24) is 9.88 Å². The smallest absolute Gasteiger partial charge is 0.416 e. The molecule has 1 amide bonds. The maximum atomic E-state index is 12.5. The van der Waals surface area contributed by atoms with Crippen LogP contribution in [0.15, 0.2) is 47.1 Å². The van der Waals surface area contributed by atoms with E-state index in [0.717, 1.165) is 16.6 Å². The number of nitrogens with zero attached hydrogens (tertiary/aromatic N) is 2. The highest BCUT2D eigenvalue weighted by molar-refractivity contribution is 9.10. The van der Waals surface area contributed by atoms with Gasteiger partial charge in [0.05, 0.1) is 23.1 Å². The molecule has 1 aromatic heterocycles. The zero-order valence-corrected chi connectivity index (χ0v) is 13.8. The summed E-state index contributed by atoms with van der Waals surface area (Å²) in [6.45, 7) is 0.728. The average Bonchev–Trinajstić information content (AvgIpc) is 2.51. The minimum Gasteiger partial charge on any atom is -0.470 e. The van der Waals surface area contributed by atoms with Crippen molar-refractivity contribution in [1.29, 1.82) is 0 Å². The maximum Gasteiger partial charge on any atom is 0.416 e. The molecule has 1 aliphatic heterocycles. The first kappa shape index (κ1) is 16.8. The second-order valence-electron chi connectivity index (χ2n) is 5.32. The minimum atomic E-state index is -4.41. The molecule has 0 radical (unpaired) electrons. The largest absolute Gasteiger partial charge is 0.470 e. The Labute approximate surface area is 144 Å². The van der Waals surface area contributed by atoms with Crippen molar-refractivity contribution in [2.75, 3.05) is 13.1 Å². The molecule has 1 aliphatic rings. The van der Waals surface area contributed by atoms with Crippen LogP contribution in [-0.4, -0.2) is 35.0 Å². The van der Waals surface area contributed by atoms with Crippen LogP contribution in [0.3, 0.4) is 0 Å². The Hall–Kier alpha value is -2.09. The third kappa shape index (κ3) is 3.53. The van der Waals surface area contributed by atoms with Gasteiger partial charge in [-0.05, 0) is 52.3 Å². The number of carbonyl (C=O) groups is 1. The summed E-state index contributed by atoms with van der Waals surface area (Å²) < 4.78 is 44.0. The molecule has 126 valence electrons. The molecular formula is C16H12BrF3N2O2. The molecule has 0 N–H and O–H groups in total. The molecule has 1 saturated heterocycles. The Kier molecular flexibility index (Phi) is 4.49. The van der Waals surface area contributed by atoms with Crippen molar-refractivity contribution in [3.63, 3.8) is 0 Å². The summed E-state index contributed by atoms with van der Waals surface area (Å²) in [5.74, 6) is 0.132. The fourth-order valence-electron chi connectivity index (χ4n) is 2.28. The van der Waals surface area contributed by atoms with Crippen molar-refractivity contribution in [2.24, 2.45) is 0 Å². The van der Waals surface area contributed by atoms with Gasteiger partial charge in [0.1, 0.15) is 6.10 Å². The first-order valence-electron chi connectivity index (χ1n) is 7.08. The molecule has 1 fully saturated rings. The van der Waals surface area contributed by atoms with Crippen molar-refractivity contribution >= 4 is 21.8 Å². The van der Waals surface area contributed by atoms with Gasteiger partial charge >= 0.3 is 6.18 Å². The van der Waals surface area contributed by atoms with Crippen LogP contribution in [0.2, 0.25) is 0 Å². The fourth-order valence-corrected chi connectivity index (χ4v) is 2.63. The van der Waals surface area contributed by atoms with Crippen molar-refractivity contribution in [3.8, 4) is 5.88 Å². The summed E-state index contributed by atoms with van der Waals surface area (Å²) in [5.41, 5.74) is -0.552. The van der Waals surface area contributed by atoms with Crippen molar-refractivity contribution in [2.45, 2.75) is 12.3 Å². The third-order valence-corrected chi connectivity index (χ3v) is 4.20. The Bertz CT molecular complexity index is 744. The van der Waals surface area contributed by atoms with E-state index in [1.165, 1.54) is 17.0 Å². The van der Waals surface area contributed by atoms with Gasteiger partial charge in [-0.3, -0.25) is 4.79 Å². The quantitative estimate of drug-likeness (QED) is 0.787. The van der Waals surface area contributed by atoms with Gasteiger partial charge < -0.3 is 9.64 Å². The van der Waals surface area contributed by atoms with E-state index in [1.54, 1.807) is 18.3 Å². The number of pyridine rings is 1. The number of hydrogen-bond acceptors (Lipinski definition) is 3. The lowest BCUT2D eigenvalue weighted by Crippen LogP contribution is -2.56. The van der Waals surface area contributed by atoms with E-state index < -0.39 is 11.7 Å². The molecule has 2 aromatic rings. The molecule has 24 heavy (non-hydrogen) atoms. The number of alkyl halides is 3. The molecule has 2 heterocycles. The number of ether oxygens (including phenoxy) is 1. The molecule has 8 heteroatoms. The van der Waals surface area contributed by atoms with E-state index in [1.807, 2.05) is 0 Å². The molecule has 3 rings (SSSR count). The highest BCUT2D eigenvalue weighted by Crippen LogP contribution is 2.30. The van der Waals surface area contributed by atoms with Crippen LogP contribution >= 0.6 is 15.9 Å². The SMILES string of the molecule is O=C(c1ccc(C(F)(F)F)cc1)N1CC(Oc2ncccc2Br)C1. The van der Waals surface area contributed by atoms with Crippen LogP contribution in [0.1, 0.15) is 15.9 Å². The van der Waals surface area contributed by atoms with Gasteiger partial charge in [0, 0.05) is 11.8 Å². The molecule has 4 nitrogen and oxygen atoms in total. The average molecular weight is 401 g/mol. The lowest BCUT2D eigenvalue weighted by Gasteiger charge is -2.38. The minimum absolute atomic E-state index is 0.186. The van der Waals surface area contributed by atoms with Crippen LogP contribution < -0.4 is 4.74 Å². The van der Waals surface area contributed by atoms with Gasteiger partial charge in [-0.25, -0.2) is 4.98 Å². The van der Waals surface area contributed by atoms with Gasteiger partial charge in [-0.15, -0.1) is 0 Å². The number of halogens is 4. The maximum absolute atomic E-state index is 12.5. The summed E-state index contributed by atoms with van der Waals surface area (Å²) in [6.07, 6.45) is -2.99. The van der Waals surface area contributed by atoms with Crippen LogP contribution in [0, 0.1) is 0 Å². The van der Waals surface area contributed by atoms with Gasteiger partial charge in [0.15, 0.2) is 0 Å². The van der Waals surface area contributed by atoms with E-state index in [2.05, 4.69) is 20.9 Å². The summed E-state index contributed by atoms with van der Waals surface area (Å²) in [7, 11) is 0.